The first kappa shape index (κ1) is 15.6. The summed E-state index contributed by atoms with van der Waals surface area (Å²) in [5.74, 6) is -1.00. The van der Waals surface area contributed by atoms with E-state index in [1.165, 1.54) is 4.90 Å². The van der Waals surface area contributed by atoms with Crippen LogP contribution in [0.2, 0.25) is 0 Å². The highest BCUT2D eigenvalue weighted by Gasteiger charge is 2.42. The Kier molecular flexibility index (Phi) is 3.44. The van der Waals surface area contributed by atoms with Crippen molar-refractivity contribution >= 4 is 28.4 Å². The van der Waals surface area contributed by atoms with Crippen molar-refractivity contribution < 1.29 is 9.59 Å². The fourth-order valence-corrected chi connectivity index (χ4v) is 3.87. The normalized spacial score (nSPS) is 15.9. The number of para-hydroxylation sites is 2. The van der Waals surface area contributed by atoms with Gasteiger partial charge in [0.15, 0.2) is 0 Å². The third kappa shape index (κ3) is 2.30. The zero-order valence-corrected chi connectivity index (χ0v) is 14.4. The summed E-state index contributed by atoms with van der Waals surface area (Å²) in [6.07, 6.45) is 1.88. The van der Waals surface area contributed by atoms with Gasteiger partial charge in [0.25, 0.3) is 5.91 Å². The van der Waals surface area contributed by atoms with Crippen molar-refractivity contribution in [3.63, 3.8) is 0 Å². The summed E-state index contributed by atoms with van der Waals surface area (Å²) < 4.78 is 0. The Morgan fingerprint density at radius 2 is 1.52 bits per heavy atom. The van der Waals surface area contributed by atoms with Crippen LogP contribution in [-0.2, 0) is 4.79 Å². The summed E-state index contributed by atoms with van der Waals surface area (Å²) in [6, 6.07) is 24.3. The largest absolute Gasteiger partial charge is 0.361 e. The molecular formula is C23H16N2O2. The highest BCUT2D eigenvalue weighted by Crippen LogP contribution is 2.43. The van der Waals surface area contributed by atoms with E-state index in [-0.39, 0.29) is 11.8 Å². The summed E-state index contributed by atoms with van der Waals surface area (Å²) in [5.41, 5.74) is 3.89. The molecule has 3 aromatic carbocycles. The fraction of sp³-hybridized carbons (Fsp3) is 0.0435. The summed E-state index contributed by atoms with van der Waals surface area (Å²) in [6.45, 7) is 0. The van der Waals surface area contributed by atoms with Crippen LogP contribution in [0.3, 0.4) is 0 Å². The second-order valence-electron chi connectivity index (χ2n) is 6.63. The first-order chi connectivity index (χ1) is 13.3. The smallest absolute Gasteiger partial charge is 0.265 e. The zero-order valence-electron chi connectivity index (χ0n) is 14.4. The Morgan fingerprint density at radius 1 is 0.815 bits per heavy atom. The molecule has 1 aliphatic rings. The van der Waals surface area contributed by atoms with Crippen molar-refractivity contribution in [2.45, 2.75) is 5.92 Å². The number of nitrogens with zero attached hydrogens (tertiary/aromatic N) is 1. The number of fused-ring (bicyclic) bond motifs is 2. The average molecular weight is 352 g/mol. The number of amides is 2. The molecule has 4 aromatic rings. The van der Waals surface area contributed by atoms with Gasteiger partial charge in [-0.2, -0.15) is 0 Å². The Labute approximate surface area is 156 Å². The van der Waals surface area contributed by atoms with Gasteiger partial charge < -0.3 is 4.98 Å². The van der Waals surface area contributed by atoms with E-state index in [1.54, 1.807) is 24.3 Å². The standard InChI is InChI=1S/C23H16N2O2/c26-22(15-8-2-1-3-9-15)25-20-13-7-5-11-17(20)21(23(25)27)18-14-24-19-12-6-4-10-16(18)19/h1-14,21,24H. The van der Waals surface area contributed by atoms with Crippen molar-refractivity contribution in [2.24, 2.45) is 0 Å². The molecule has 1 aliphatic heterocycles. The fourth-order valence-electron chi connectivity index (χ4n) is 3.87. The maximum absolute atomic E-state index is 13.4. The minimum absolute atomic E-state index is 0.213. The number of benzene rings is 3. The molecule has 0 aliphatic carbocycles. The molecule has 0 saturated heterocycles. The third-order valence-electron chi connectivity index (χ3n) is 5.11. The van der Waals surface area contributed by atoms with Crippen LogP contribution in [0.1, 0.15) is 27.4 Å². The first-order valence-electron chi connectivity index (χ1n) is 8.84. The second-order valence-corrected chi connectivity index (χ2v) is 6.63. The monoisotopic (exact) mass is 352 g/mol. The van der Waals surface area contributed by atoms with Gasteiger partial charge in [-0.25, -0.2) is 4.90 Å². The molecule has 0 saturated carbocycles. The van der Waals surface area contributed by atoms with Gasteiger partial charge in [-0.15, -0.1) is 0 Å². The number of aromatic nitrogens is 1. The Bertz CT molecular complexity index is 1180. The highest BCUT2D eigenvalue weighted by atomic mass is 16.2. The van der Waals surface area contributed by atoms with Crippen LogP contribution in [0.5, 0.6) is 0 Å². The van der Waals surface area contributed by atoms with Crippen molar-refractivity contribution in [3.05, 3.63) is 102 Å². The van der Waals surface area contributed by atoms with Crippen molar-refractivity contribution in [1.82, 2.24) is 4.98 Å². The van der Waals surface area contributed by atoms with E-state index in [9.17, 15) is 9.59 Å². The SMILES string of the molecule is O=C(c1ccccc1)N1C(=O)C(c2c[nH]c3ccccc23)c2ccccc21. The molecule has 2 heterocycles. The van der Waals surface area contributed by atoms with Crippen LogP contribution in [0.15, 0.2) is 85.1 Å². The van der Waals surface area contributed by atoms with Crippen LogP contribution in [0.4, 0.5) is 5.69 Å². The number of H-pyrrole nitrogens is 1. The molecule has 0 radical (unpaired) electrons. The minimum atomic E-state index is -0.495. The van der Waals surface area contributed by atoms with E-state index in [1.807, 2.05) is 60.8 Å². The van der Waals surface area contributed by atoms with Gasteiger partial charge in [0.1, 0.15) is 0 Å². The molecule has 4 nitrogen and oxygen atoms in total. The third-order valence-corrected chi connectivity index (χ3v) is 5.11. The lowest BCUT2D eigenvalue weighted by Crippen LogP contribution is -2.35. The van der Waals surface area contributed by atoms with Gasteiger partial charge in [-0.05, 0) is 35.4 Å². The molecule has 2 amide bonds. The van der Waals surface area contributed by atoms with E-state index in [4.69, 9.17) is 0 Å². The second kappa shape index (κ2) is 5.95. The maximum atomic E-state index is 13.4. The number of rotatable bonds is 2. The van der Waals surface area contributed by atoms with Gasteiger partial charge >= 0.3 is 0 Å². The number of aromatic amines is 1. The number of imide groups is 1. The summed E-state index contributed by atoms with van der Waals surface area (Å²) in [7, 11) is 0. The topological polar surface area (TPSA) is 53.2 Å². The van der Waals surface area contributed by atoms with Crippen LogP contribution >= 0.6 is 0 Å². The van der Waals surface area contributed by atoms with Gasteiger partial charge in [-0.1, -0.05) is 54.6 Å². The predicted octanol–water partition coefficient (Wildman–Crippen LogP) is 4.49. The van der Waals surface area contributed by atoms with E-state index in [2.05, 4.69) is 4.98 Å². The molecule has 27 heavy (non-hydrogen) atoms. The highest BCUT2D eigenvalue weighted by molar-refractivity contribution is 6.27. The van der Waals surface area contributed by atoms with Gasteiger partial charge in [-0.3, -0.25) is 9.59 Å². The van der Waals surface area contributed by atoms with Crippen LogP contribution in [-0.4, -0.2) is 16.8 Å². The molecule has 4 heteroatoms. The lowest BCUT2D eigenvalue weighted by molar-refractivity contribution is -0.117. The number of nitrogens with one attached hydrogen (secondary N) is 1. The molecule has 5 rings (SSSR count). The van der Waals surface area contributed by atoms with Gasteiger partial charge in [0, 0.05) is 22.7 Å². The first-order valence-corrected chi connectivity index (χ1v) is 8.84. The number of hydrogen-bond acceptors (Lipinski definition) is 2. The number of carbonyl (C=O) groups excluding carboxylic acids is 2. The molecule has 130 valence electrons. The lowest BCUT2D eigenvalue weighted by Gasteiger charge is -2.16. The summed E-state index contributed by atoms with van der Waals surface area (Å²) in [5, 5.41) is 1.000. The van der Waals surface area contributed by atoms with Crippen LogP contribution < -0.4 is 4.90 Å². The van der Waals surface area contributed by atoms with Crippen LogP contribution in [0.25, 0.3) is 10.9 Å². The molecule has 1 unspecified atom stereocenters. The predicted molar refractivity (Wildman–Crippen MR) is 105 cm³/mol. The number of anilines is 1. The number of hydrogen-bond donors (Lipinski definition) is 1. The molecule has 1 aromatic heterocycles. The molecule has 1 atom stereocenters. The summed E-state index contributed by atoms with van der Waals surface area (Å²) in [4.78, 5) is 31.1. The van der Waals surface area contributed by atoms with E-state index < -0.39 is 5.92 Å². The van der Waals surface area contributed by atoms with E-state index in [0.717, 1.165) is 22.0 Å². The van der Waals surface area contributed by atoms with Crippen LogP contribution in [0, 0.1) is 0 Å². The summed E-state index contributed by atoms with van der Waals surface area (Å²) >= 11 is 0. The lowest BCUT2D eigenvalue weighted by atomic mass is 9.92. The molecule has 0 spiro atoms. The van der Waals surface area contributed by atoms with Crippen molar-refractivity contribution in [1.29, 1.82) is 0 Å². The Hall–Kier alpha value is -3.66. The minimum Gasteiger partial charge on any atom is -0.361 e. The van der Waals surface area contributed by atoms with Gasteiger partial charge in [0.2, 0.25) is 5.91 Å². The van der Waals surface area contributed by atoms with Gasteiger partial charge in [0.05, 0.1) is 11.6 Å². The van der Waals surface area contributed by atoms with E-state index in [0.29, 0.717) is 11.3 Å². The molecular weight excluding hydrogens is 336 g/mol. The quantitative estimate of drug-likeness (QED) is 0.541. The molecule has 0 fully saturated rings. The zero-order chi connectivity index (χ0) is 18.4. The Balaban J connectivity index is 1.67. The van der Waals surface area contributed by atoms with E-state index >= 15 is 0 Å². The average Bonchev–Trinajstić information content (AvgIpc) is 3.26. The van der Waals surface area contributed by atoms with Crippen molar-refractivity contribution in [2.75, 3.05) is 4.90 Å². The molecule has 0 bridgehead atoms. The molecule has 1 N–H and O–H groups in total. The maximum Gasteiger partial charge on any atom is 0.265 e. The van der Waals surface area contributed by atoms with Crippen molar-refractivity contribution in [3.8, 4) is 0 Å². The number of carbonyl (C=O) groups is 2. The Morgan fingerprint density at radius 3 is 2.37 bits per heavy atom.